The summed E-state index contributed by atoms with van der Waals surface area (Å²) in [6.45, 7) is 3.12. The Labute approximate surface area is 163 Å². The summed E-state index contributed by atoms with van der Waals surface area (Å²) in [5.41, 5.74) is 1.32. The molecule has 3 aromatic rings. The summed E-state index contributed by atoms with van der Waals surface area (Å²) in [6, 6.07) is 11.1. The van der Waals surface area contributed by atoms with Crippen LogP contribution in [0.4, 0.5) is 18.9 Å². The van der Waals surface area contributed by atoms with E-state index in [9.17, 15) is 22.8 Å². The van der Waals surface area contributed by atoms with E-state index in [2.05, 4.69) is 10.3 Å². The summed E-state index contributed by atoms with van der Waals surface area (Å²) < 4.78 is 38.1. The Morgan fingerprint density at radius 2 is 1.61 bits per heavy atom. The molecule has 1 aromatic heterocycles. The number of halogens is 3. The fraction of sp³-hybridized carbons (Fsp3) is 0.150. The lowest BCUT2D eigenvalue weighted by molar-refractivity contribution is -0.137. The molecule has 0 bridgehead atoms. The Morgan fingerprint density at radius 3 is 2.14 bits per heavy atom. The van der Waals surface area contributed by atoms with Gasteiger partial charge in [0.1, 0.15) is 9.88 Å². The number of thiazole rings is 1. The molecule has 1 amide bonds. The fourth-order valence-electron chi connectivity index (χ4n) is 2.51. The van der Waals surface area contributed by atoms with E-state index in [1.807, 2.05) is 0 Å². The molecule has 8 heteroatoms. The van der Waals surface area contributed by atoms with Crippen molar-refractivity contribution >= 4 is 28.7 Å². The standard InChI is InChI=1S/C20H15F3N2O2S/c1-11-17(18(27)25-16-9-5-13(6-10-16)12(2)26)28-19(24-11)14-3-7-15(8-4-14)20(21,22)23/h3-10H,1-2H3,(H,25,27). The van der Waals surface area contributed by atoms with Crippen LogP contribution in [0.1, 0.15) is 38.2 Å². The Morgan fingerprint density at radius 1 is 1.00 bits per heavy atom. The summed E-state index contributed by atoms with van der Waals surface area (Å²) in [5, 5.41) is 3.19. The Kier molecular flexibility index (Phi) is 5.33. The number of nitrogens with one attached hydrogen (secondary N) is 1. The van der Waals surface area contributed by atoms with Crippen LogP contribution in [0.15, 0.2) is 48.5 Å². The minimum absolute atomic E-state index is 0.0719. The summed E-state index contributed by atoms with van der Waals surface area (Å²) in [6.07, 6.45) is -4.40. The first-order chi connectivity index (χ1) is 13.1. The molecule has 0 saturated heterocycles. The number of amides is 1. The number of anilines is 1. The number of rotatable bonds is 4. The molecule has 0 radical (unpaired) electrons. The monoisotopic (exact) mass is 404 g/mol. The molecule has 0 fully saturated rings. The molecule has 1 heterocycles. The molecule has 144 valence electrons. The third kappa shape index (κ3) is 4.28. The number of hydrogen-bond donors (Lipinski definition) is 1. The third-order valence-corrected chi connectivity index (χ3v) is 5.22. The third-order valence-electron chi connectivity index (χ3n) is 4.01. The molecular weight excluding hydrogens is 389 g/mol. The van der Waals surface area contributed by atoms with Gasteiger partial charge in [0.15, 0.2) is 5.78 Å². The van der Waals surface area contributed by atoms with Crippen LogP contribution in [0.25, 0.3) is 10.6 Å². The zero-order valence-electron chi connectivity index (χ0n) is 14.9. The molecule has 4 nitrogen and oxygen atoms in total. The number of benzene rings is 2. The number of nitrogens with zero attached hydrogens (tertiary/aromatic N) is 1. The smallest absolute Gasteiger partial charge is 0.321 e. The van der Waals surface area contributed by atoms with Gasteiger partial charge >= 0.3 is 6.18 Å². The second kappa shape index (κ2) is 7.55. The van der Waals surface area contributed by atoms with Crippen molar-refractivity contribution in [3.63, 3.8) is 0 Å². The van der Waals surface area contributed by atoms with Crippen LogP contribution in [0, 0.1) is 6.92 Å². The number of carbonyl (C=O) groups is 2. The van der Waals surface area contributed by atoms with Gasteiger partial charge in [0, 0.05) is 16.8 Å². The molecule has 0 aliphatic carbocycles. The molecule has 0 atom stereocenters. The van der Waals surface area contributed by atoms with Gasteiger partial charge in [-0.3, -0.25) is 9.59 Å². The first-order valence-electron chi connectivity index (χ1n) is 8.22. The number of ketones is 1. The maximum Gasteiger partial charge on any atom is 0.416 e. The van der Waals surface area contributed by atoms with Crippen LogP contribution in [0.2, 0.25) is 0 Å². The highest BCUT2D eigenvalue weighted by molar-refractivity contribution is 7.17. The molecule has 0 unspecified atom stereocenters. The normalized spacial score (nSPS) is 11.3. The molecule has 0 spiro atoms. The van der Waals surface area contributed by atoms with E-state index in [0.717, 1.165) is 23.5 Å². The van der Waals surface area contributed by atoms with Crippen molar-refractivity contribution < 1.29 is 22.8 Å². The van der Waals surface area contributed by atoms with Crippen molar-refractivity contribution in [2.75, 3.05) is 5.32 Å². The summed E-state index contributed by atoms with van der Waals surface area (Å²) in [5.74, 6) is -0.443. The van der Waals surface area contributed by atoms with Gasteiger partial charge < -0.3 is 5.32 Å². The second-order valence-electron chi connectivity index (χ2n) is 6.10. The zero-order chi connectivity index (χ0) is 20.5. The lowest BCUT2D eigenvalue weighted by atomic mass is 10.1. The Hall–Kier alpha value is -3.00. The van der Waals surface area contributed by atoms with Crippen molar-refractivity contribution in [1.29, 1.82) is 0 Å². The first kappa shape index (κ1) is 19.8. The number of Topliss-reactive ketones (excluding diaryl/α,β-unsaturated/α-hetero) is 1. The van der Waals surface area contributed by atoms with Crippen molar-refractivity contribution in [2.24, 2.45) is 0 Å². The van der Waals surface area contributed by atoms with Gasteiger partial charge in [0.05, 0.1) is 11.3 Å². The highest BCUT2D eigenvalue weighted by atomic mass is 32.1. The maximum absolute atomic E-state index is 12.7. The van der Waals surface area contributed by atoms with Gasteiger partial charge in [-0.15, -0.1) is 11.3 Å². The molecule has 0 saturated carbocycles. The molecule has 3 rings (SSSR count). The SMILES string of the molecule is CC(=O)c1ccc(NC(=O)c2sc(-c3ccc(C(F)(F)F)cc3)nc2C)cc1. The van der Waals surface area contributed by atoms with E-state index in [4.69, 9.17) is 0 Å². The topological polar surface area (TPSA) is 59.1 Å². The molecule has 28 heavy (non-hydrogen) atoms. The number of hydrogen-bond acceptors (Lipinski definition) is 4. The predicted molar refractivity (Wildman–Crippen MR) is 102 cm³/mol. The number of alkyl halides is 3. The van der Waals surface area contributed by atoms with Crippen LogP contribution in [0.5, 0.6) is 0 Å². The van der Waals surface area contributed by atoms with Crippen molar-refractivity contribution in [3.05, 3.63) is 70.2 Å². The van der Waals surface area contributed by atoms with Gasteiger partial charge in [-0.25, -0.2) is 4.98 Å². The van der Waals surface area contributed by atoms with E-state index in [1.54, 1.807) is 31.2 Å². The van der Waals surface area contributed by atoms with Gasteiger partial charge in [0.2, 0.25) is 0 Å². The van der Waals surface area contributed by atoms with E-state index in [1.165, 1.54) is 19.1 Å². The summed E-state index contributed by atoms with van der Waals surface area (Å²) >= 11 is 1.10. The lowest BCUT2D eigenvalue weighted by Crippen LogP contribution is -2.11. The highest BCUT2D eigenvalue weighted by Crippen LogP contribution is 2.33. The van der Waals surface area contributed by atoms with Gasteiger partial charge in [-0.2, -0.15) is 13.2 Å². The number of carbonyl (C=O) groups excluding carboxylic acids is 2. The molecular formula is C20H15F3N2O2S. The van der Waals surface area contributed by atoms with Gasteiger partial charge in [-0.05, 0) is 50.2 Å². The maximum atomic E-state index is 12.7. The average molecular weight is 404 g/mol. The summed E-state index contributed by atoms with van der Waals surface area (Å²) in [4.78, 5) is 28.5. The highest BCUT2D eigenvalue weighted by Gasteiger charge is 2.30. The van der Waals surface area contributed by atoms with Gasteiger partial charge in [0.25, 0.3) is 5.91 Å². The van der Waals surface area contributed by atoms with Crippen molar-refractivity contribution in [1.82, 2.24) is 4.98 Å². The minimum atomic E-state index is -4.40. The quantitative estimate of drug-likeness (QED) is 0.577. The van der Waals surface area contributed by atoms with E-state index in [-0.39, 0.29) is 11.7 Å². The van der Waals surface area contributed by atoms with E-state index >= 15 is 0 Å². The Bertz CT molecular complexity index is 1020. The first-order valence-corrected chi connectivity index (χ1v) is 9.04. The number of aryl methyl sites for hydroxylation is 1. The summed E-state index contributed by atoms with van der Waals surface area (Å²) in [7, 11) is 0. The van der Waals surface area contributed by atoms with E-state index in [0.29, 0.717) is 32.4 Å². The predicted octanol–water partition coefficient (Wildman–Crippen LogP) is 5.59. The van der Waals surface area contributed by atoms with Crippen LogP contribution in [0.3, 0.4) is 0 Å². The minimum Gasteiger partial charge on any atom is -0.321 e. The molecule has 0 aliphatic heterocycles. The van der Waals surface area contributed by atoms with Crippen LogP contribution in [-0.2, 0) is 6.18 Å². The van der Waals surface area contributed by atoms with Crippen molar-refractivity contribution in [2.45, 2.75) is 20.0 Å². The van der Waals surface area contributed by atoms with Crippen LogP contribution in [-0.4, -0.2) is 16.7 Å². The largest absolute Gasteiger partial charge is 0.416 e. The molecule has 0 aliphatic rings. The van der Waals surface area contributed by atoms with E-state index < -0.39 is 11.7 Å². The fourth-order valence-corrected chi connectivity index (χ4v) is 3.48. The number of aromatic nitrogens is 1. The van der Waals surface area contributed by atoms with Crippen molar-refractivity contribution in [3.8, 4) is 10.6 Å². The van der Waals surface area contributed by atoms with Crippen LogP contribution >= 0.6 is 11.3 Å². The Balaban J connectivity index is 1.79. The van der Waals surface area contributed by atoms with Gasteiger partial charge in [-0.1, -0.05) is 12.1 Å². The molecule has 2 aromatic carbocycles. The lowest BCUT2D eigenvalue weighted by Gasteiger charge is -2.06. The molecule has 1 N–H and O–H groups in total. The second-order valence-corrected chi connectivity index (χ2v) is 7.10. The van der Waals surface area contributed by atoms with Crippen LogP contribution < -0.4 is 5.32 Å². The zero-order valence-corrected chi connectivity index (χ0v) is 15.7. The average Bonchev–Trinajstić information content (AvgIpc) is 3.03.